The van der Waals surface area contributed by atoms with E-state index in [0.717, 1.165) is 6.54 Å². The van der Waals surface area contributed by atoms with Gasteiger partial charge in [-0.05, 0) is 47.7 Å². The van der Waals surface area contributed by atoms with Crippen molar-refractivity contribution in [2.75, 3.05) is 0 Å². The van der Waals surface area contributed by atoms with Gasteiger partial charge in [0.2, 0.25) is 0 Å². The van der Waals surface area contributed by atoms with E-state index in [2.05, 4.69) is 73.4 Å². The number of hydrogen-bond donors (Lipinski definition) is 1. The van der Waals surface area contributed by atoms with Crippen molar-refractivity contribution in [2.24, 2.45) is 0 Å². The predicted molar refractivity (Wildman–Crippen MR) is 96.8 cm³/mol. The highest BCUT2D eigenvalue weighted by Crippen LogP contribution is 2.32. The zero-order valence-corrected chi connectivity index (χ0v) is 14.2. The lowest BCUT2D eigenvalue weighted by Gasteiger charge is -2.14. The highest BCUT2D eigenvalue weighted by molar-refractivity contribution is 7.80. The average molecular weight is 310 g/mol. The standard InChI is InChI=1S/C19H22N2S/c1-13(2)16-9-18(14(3)22)17-6-8-21(19(17)10-16)12-15-5-4-7-20-11-15/h4-11,13-14,22H,12H2,1-3H3. The Morgan fingerprint density at radius 1 is 1.18 bits per heavy atom. The molecule has 22 heavy (non-hydrogen) atoms. The van der Waals surface area contributed by atoms with Crippen molar-refractivity contribution in [3.05, 3.63) is 65.6 Å². The van der Waals surface area contributed by atoms with E-state index in [4.69, 9.17) is 0 Å². The fourth-order valence-electron chi connectivity index (χ4n) is 2.85. The number of rotatable bonds is 4. The van der Waals surface area contributed by atoms with Crippen LogP contribution in [0.4, 0.5) is 0 Å². The highest BCUT2D eigenvalue weighted by Gasteiger charge is 2.13. The fraction of sp³-hybridized carbons (Fsp3) is 0.316. The monoisotopic (exact) mass is 310 g/mol. The Hall–Kier alpha value is -1.74. The maximum atomic E-state index is 4.67. The van der Waals surface area contributed by atoms with Gasteiger partial charge in [-0.1, -0.05) is 26.0 Å². The Balaban J connectivity index is 2.12. The summed E-state index contributed by atoms with van der Waals surface area (Å²) in [7, 11) is 0. The SMILES string of the molecule is CC(C)c1cc(C(C)S)c2ccn(Cc3cccnc3)c2c1. The first-order chi connectivity index (χ1) is 10.6. The average Bonchev–Trinajstić information content (AvgIpc) is 2.90. The number of aromatic nitrogens is 2. The Labute approximate surface area is 137 Å². The van der Waals surface area contributed by atoms with Crippen molar-refractivity contribution in [3.63, 3.8) is 0 Å². The van der Waals surface area contributed by atoms with Gasteiger partial charge in [-0.15, -0.1) is 0 Å². The van der Waals surface area contributed by atoms with Crippen molar-refractivity contribution in [1.82, 2.24) is 9.55 Å². The van der Waals surface area contributed by atoms with Crippen molar-refractivity contribution < 1.29 is 0 Å². The molecule has 0 aliphatic heterocycles. The molecule has 2 heterocycles. The van der Waals surface area contributed by atoms with Gasteiger partial charge in [-0.2, -0.15) is 12.6 Å². The quantitative estimate of drug-likeness (QED) is 0.656. The van der Waals surface area contributed by atoms with E-state index in [-0.39, 0.29) is 5.25 Å². The van der Waals surface area contributed by atoms with Crippen LogP contribution in [0.15, 0.2) is 48.9 Å². The second kappa shape index (κ2) is 6.17. The Bertz CT molecular complexity index is 773. The van der Waals surface area contributed by atoms with Gasteiger partial charge in [0.05, 0.1) is 0 Å². The topological polar surface area (TPSA) is 17.8 Å². The third-order valence-corrected chi connectivity index (χ3v) is 4.41. The minimum Gasteiger partial charge on any atom is -0.343 e. The molecule has 2 aromatic heterocycles. The van der Waals surface area contributed by atoms with Gasteiger partial charge in [0, 0.05) is 41.3 Å². The molecule has 114 valence electrons. The Morgan fingerprint density at radius 2 is 2.00 bits per heavy atom. The van der Waals surface area contributed by atoms with E-state index >= 15 is 0 Å². The second-order valence-electron chi connectivity index (χ2n) is 6.18. The molecule has 0 saturated heterocycles. The van der Waals surface area contributed by atoms with Gasteiger partial charge >= 0.3 is 0 Å². The van der Waals surface area contributed by atoms with Crippen molar-refractivity contribution in [2.45, 2.75) is 38.5 Å². The van der Waals surface area contributed by atoms with E-state index < -0.39 is 0 Å². The molecular formula is C19H22N2S. The zero-order valence-electron chi connectivity index (χ0n) is 13.3. The van der Waals surface area contributed by atoms with Crippen LogP contribution in [0.5, 0.6) is 0 Å². The number of hydrogen-bond acceptors (Lipinski definition) is 2. The maximum absolute atomic E-state index is 4.67. The van der Waals surface area contributed by atoms with E-state index in [1.165, 1.54) is 27.6 Å². The summed E-state index contributed by atoms with van der Waals surface area (Å²) in [5.74, 6) is 0.511. The molecule has 0 spiro atoms. The molecule has 3 aromatic rings. The van der Waals surface area contributed by atoms with Gasteiger partial charge in [0.15, 0.2) is 0 Å². The second-order valence-corrected chi connectivity index (χ2v) is 6.95. The van der Waals surface area contributed by atoms with Crippen molar-refractivity contribution in [3.8, 4) is 0 Å². The largest absolute Gasteiger partial charge is 0.343 e. The first-order valence-electron chi connectivity index (χ1n) is 7.76. The Morgan fingerprint density at radius 3 is 2.64 bits per heavy atom. The molecule has 0 aliphatic carbocycles. The molecule has 3 heteroatoms. The third kappa shape index (κ3) is 2.91. The van der Waals surface area contributed by atoms with Crippen LogP contribution in [0.1, 0.15) is 48.6 Å². The minimum absolute atomic E-state index is 0.232. The lowest BCUT2D eigenvalue weighted by Crippen LogP contribution is -2.00. The van der Waals surface area contributed by atoms with Crippen LogP contribution >= 0.6 is 12.6 Å². The summed E-state index contributed by atoms with van der Waals surface area (Å²) in [6.45, 7) is 7.46. The maximum Gasteiger partial charge on any atom is 0.0491 e. The normalized spacial score (nSPS) is 13.0. The Kier molecular flexibility index (Phi) is 4.25. The smallest absolute Gasteiger partial charge is 0.0491 e. The van der Waals surface area contributed by atoms with E-state index in [1.807, 2.05) is 18.5 Å². The van der Waals surface area contributed by atoms with E-state index in [1.54, 1.807) is 0 Å². The summed E-state index contributed by atoms with van der Waals surface area (Å²) in [5, 5.41) is 1.53. The predicted octanol–water partition coefficient (Wildman–Crippen LogP) is 5.20. The summed E-state index contributed by atoms with van der Waals surface area (Å²) in [6, 6.07) is 10.9. The van der Waals surface area contributed by atoms with Crippen molar-refractivity contribution in [1.29, 1.82) is 0 Å². The summed E-state index contributed by atoms with van der Waals surface area (Å²) in [4.78, 5) is 4.21. The number of fused-ring (bicyclic) bond motifs is 1. The molecule has 1 unspecified atom stereocenters. The molecule has 3 rings (SSSR count). The first kappa shape index (κ1) is 15.2. The summed E-state index contributed by atoms with van der Waals surface area (Å²) in [5.41, 5.74) is 5.19. The molecule has 0 fully saturated rings. The van der Waals surface area contributed by atoms with Crippen LogP contribution in [0, 0.1) is 0 Å². The number of nitrogens with zero attached hydrogens (tertiary/aromatic N) is 2. The lowest BCUT2D eigenvalue weighted by molar-refractivity contribution is 0.824. The van der Waals surface area contributed by atoms with Gasteiger partial charge in [-0.25, -0.2) is 0 Å². The van der Waals surface area contributed by atoms with Gasteiger partial charge in [0.1, 0.15) is 0 Å². The summed E-state index contributed by atoms with van der Waals surface area (Å²) in [6.07, 6.45) is 5.91. The lowest BCUT2D eigenvalue weighted by atomic mass is 9.97. The molecule has 0 N–H and O–H groups in total. The van der Waals surface area contributed by atoms with E-state index in [9.17, 15) is 0 Å². The van der Waals surface area contributed by atoms with Gasteiger partial charge < -0.3 is 4.57 Å². The van der Waals surface area contributed by atoms with Gasteiger partial charge in [0.25, 0.3) is 0 Å². The number of benzene rings is 1. The van der Waals surface area contributed by atoms with Crippen LogP contribution in [0.2, 0.25) is 0 Å². The first-order valence-corrected chi connectivity index (χ1v) is 8.27. The van der Waals surface area contributed by atoms with Crippen LogP contribution in [-0.4, -0.2) is 9.55 Å². The number of pyridine rings is 1. The minimum atomic E-state index is 0.232. The molecule has 2 nitrogen and oxygen atoms in total. The van der Waals surface area contributed by atoms with E-state index in [0.29, 0.717) is 5.92 Å². The van der Waals surface area contributed by atoms with Crippen LogP contribution in [-0.2, 0) is 6.54 Å². The molecule has 1 atom stereocenters. The van der Waals surface area contributed by atoms with Gasteiger partial charge in [-0.3, -0.25) is 4.98 Å². The zero-order chi connectivity index (χ0) is 15.7. The van der Waals surface area contributed by atoms with Crippen LogP contribution in [0.25, 0.3) is 10.9 Å². The molecular weight excluding hydrogens is 288 g/mol. The summed E-state index contributed by atoms with van der Waals surface area (Å²) < 4.78 is 2.30. The van der Waals surface area contributed by atoms with Crippen LogP contribution < -0.4 is 0 Å². The molecule has 0 amide bonds. The number of thiol groups is 1. The summed E-state index contributed by atoms with van der Waals surface area (Å²) >= 11 is 4.67. The molecule has 1 aromatic carbocycles. The highest BCUT2D eigenvalue weighted by atomic mass is 32.1. The third-order valence-electron chi connectivity index (χ3n) is 4.14. The molecule has 0 bridgehead atoms. The molecule has 0 radical (unpaired) electrons. The fourth-order valence-corrected chi connectivity index (χ4v) is 3.07. The van der Waals surface area contributed by atoms with Crippen molar-refractivity contribution >= 4 is 23.5 Å². The molecule has 0 aliphatic rings. The van der Waals surface area contributed by atoms with Crippen LogP contribution in [0.3, 0.4) is 0 Å². The molecule has 0 saturated carbocycles.